The Labute approximate surface area is 132 Å². The number of furan rings is 1. The number of nitrogens with one attached hydrogen (secondary N) is 1. The van der Waals surface area contributed by atoms with Crippen LogP contribution in [0.4, 0.5) is 0 Å². The van der Waals surface area contributed by atoms with Crippen LogP contribution in [0.2, 0.25) is 0 Å². The molecule has 2 aromatic heterocycles. The highest BCUT2D eigenvalue weighted by Gasteiger charge is 2.07. The molecule has 0 saturated carbocycles. The molecule has 2 heterocycles. The highest BCUT2D eigenvalue weighted by atomic mass is 32.2. The van der Waals surface area contributed by atoms with Crippen molar-refractivity contribution in [3.05, 3.63) is 54.5 Å². The van der Waals surface area contributed by atoms with E-state index in [0.717, 1.165) is 41.9 Å². The molecule has 0 bridgehead atoms. The SMILES string of the molecule is c1ccc(-n2nnnc2SCCCNCc2ccco2)cc1. The van der Waals surface area contributed by atoms with E-state index in [9.17, 15) is 0 Å². The molecule has 0 aliphatic carbocycles. The molecule has 22 heavy (non-hydrogen) atoms. The zero-order valence-electron chi connectivity index (χ0n) is 12.1. The Morgan fingerprint density at radius 2 is 2.05 bits per heavy atom. The fourth-order valence-corrected chi connectivity index (χ4v) is 2.82. The van der Waals surface area contributed by atoms with E-state index in [0.29, 0.717) is 0 Å². The number of rotatable bonds is 8. The van der Waals surface area contributed by atoms with Crippen LogP contribution in [0.1, 0.15) is 12.2 Å². The maximum atomic E-state index is 5.27. The summed E-state index contributed by atoms with van der Waals surface area (Å²) in [7, 11) is 0. The van der Waals surface area contributed by atoms with Gasteiger partial charge in [-0.1, -0.05) is 30.0 Å². The average molecular weight is 315 g/mol. The minimum absolute atomic E-state index is 0.763. The van der Waals surface area contributed by atoms with Crippen molar-refractivity contribution >= 4 is 11.8 Å². The van der Waals surface area contributed by atoms with Gasteiger partial charge in [-0.2, -0.15) is 4.68 Å². The van der Waals surface area contributed by atoms with Crippen LogP contribution in [-0.4, -0.2) is 32.5 Å². The fourth-order valence-electron chi connectivity index (χ4n) is 1.99. The van der Waals surface area contributed by atoms with Crippen LogP contribution in [0.25, 0.3) is 5.69 Å². The molecule has 0 aliphatic rings. The third-order valence-electron chi connectivity index (χ3n) is 3.05. The van der Waals surface area contributed by atoms with Crippen molar-refractivity contribution in [3.8, 4) is 5.69 Å². The number of hydrogen-bond donors (Lipinski definition) is 1. The van der Waals surface area contributed by atoms with Gasteiger partial charge >= 0.3 is 0 Å². The maximum absolute atomic E-state index is 5.27. The number of aromatic nitrogens is 4. The topological polar surface area (TPSA) is 68.8 Å². The van der Waals surface area contributed by atoms with Crippen molar-refractivity contribution < 1.29 is 4.42 Å². The molecule has 3 rings (SSSR count). The fraction of sp³-hybridized carbons (Fsp3) is 0.267. The summed E-state index contributed by atoms with van der Waals surface area (Å²) in [5.74, 6) is 1.92. The molecule has 0 saturated heterocycles. The normalized spacial score (nSPS) is 10.9. The summed E-state index contributed by atoms with van der Waals surface area (Å²) in [6.45, 7) is 1.69. The first-order valence-corrected chi connectivity index (χ1v) is 8.12. The summed E-state index contributed by atoms with van der Waals surface area (Å²) in [6, 6.07) is 13.8. The monoisotopic (exact) mass is 315 g/mol. The molecular weight excluding hydrogens is 298 g/mol. The lowest BCUT2D eigenvalue weighted by Crippen LogP contribution is -2.14. The second-order valence-corrected chi connectivity index (χ2v) is 5.73. The van der Waals surface area contributed by atoms with Crippen molar-refractivity contribution in [2.24, 2.45) is 0 Å². The molecule has 0 fully saturated rings. The molecule has 1 N–H and O–H groups in total. The number of thioether (sulfide) groups is 1. The number of tetrazole rings is 1. The Hall–Kier alpha value is -2.12. The van der Waals surface area contributed by atoms with Crippen LogP contribution in [0.5, 0.6) is 0 Å². The summed E-state index contributed by atoms with van der Waals surface area (Å²) < 4.78 is 7.03. The Kier molecular flexibility index (Phi) is 5.22. The van der Waals surface area contributed by atoms with Crippen LogP contribution in [0, 0.1) is 0 Å². The van der Waals surface area contributed by atoms with Crippen LogP contribution < -0.4 is 5.32 Å². The molecule has 0 unspecified atom stereocenters. The molecule has 0 spiro atoms. The molecule has 1 aromatic carbocycles. The van der Waals surface area contributed by atoms with E-state index < -0.39 is 0 Å². The first-order valence-electron chi connectivity index (χ1n) is 7.13. The smallest absolute Gasteiger partial charge is 0.214 e. The largest absolute Gasteiger partial charge is 0.468 e. The lowest BCUT2D eigenvalue weighted by Gasteiger charge is -2.04. The van der Waals surface area contributed by atoms with E-state index >= 15 is 0 Å². The summed E-state index contributed by atoms with van der Waals surface area (Å²) in [5.41, 5.74) is 0.978. The van der Waals surface area contributed by atoms with Crippen LogP contribution in [-0.2, 0) is 6.54 Å². The molecule has 6 nitrogen and oxygen atoms in total. The average Bonchev–Trinajstić information content (AvgIpc) is 3.23. The van der Waals surface area contributed by atoms with Gasteiger partial charge in [0.15, 0.2) is 0 Å². The van der Waals surface area contributed by atoms with Crippen molar-refractivity contribution in [1.82, 2.24) is 25.5 Å². The predicted octanol–water partition coefficient (Wildman–Crippen LogP) is 2.53. The zero-order valence-corrected chi connectivity index (χ0v) is 12.9. The first kappa shape index (κ1) is 14.8. The predicted molar refractivity (Wildman–Crippen MR) is 84.9 cm³/mol. The first-order chi connectivity index (χ1) is 10.9. The second-order valence-electron chi connectivity index (χ2n) is 4.67. The molecule has 114 valence electrons. The van der Waals surface area contributed by atoms with Gasteiger partial charge < -0.3 is 9.73 Å². The molecule has 0 amide bonds. The Morgan fingerprint density at radius 3 is 2.86 bits per heavy atom. The molecule has 0 aliphatic heterocycles. The van der Waals surface area contributed by atoms with Gasteiger partial charge in [-0.3, -0.25) is 0 Å². The molecule has 7 heteroatoms. The lowest BCUT2D eigenvalue weighted by atomic mass is 10.3. The third-order valence-corrected chi connectivity index (χ3v) is 4.06. The van der Waals surface area contributed by atoms with Gasteiger partial charge in [0.2, 0.25) is 5.16 Å². The number of hydrogen-bond acceptors (Lipinski definition) is 6. The van der Waals surface area contributed by atoms with Gasteiger partial charge in [0.05, 0.1) is 18.5 Å². The van der Waals surface area contributed by atoms with Gasteiger partial charge in [0.25, 0.3) is 0 Å². The number of benzene rings is 1. The van der Waals surface area contributed by atoms with Gasteiger partial charge in [-0.05, 0) is 47.7 Å². The minimum atomic E-state index is 0.763. The molecular formula is C15H17N5OS. The molecule has 0 atom stereocenters. The number of para-hydroxylation sites is 1. The zero-order chi connectivity index (χ0) is 15.0. The van der Waals surface area contributed by atoms with E-state index in [1.54, 1.807) is 22.7 Å². The maximum Gasteiger partial charge on any atom is 0.214 e. The standard InChI is InChI=1S/C15H17N5OS/c1-2-6-13(7-3-1)20-15(17-18-19-20)22-11-5-9-16-12-14-8-4-10-21-14/h1-4,6-8,10,16H,5,9,11-12H2. The van der Waals surface area contributed by atoms with Gasteiger partial charge in [-0.15, -0.1) is 5.10 Å². The Morgan fingerprint density at radius 1 is 1.14 bits per heavy atom. The summed E-state index contributed by atoms with van der Waals surface area (Å²) in [5, 5.41) is 16.0. The Balaban J connectivity index is 1.42. The quantitative estimate of drug-likeness (QED) is 0.509. The van der Waals surface area contributed by atoms with E-state index in [4.69, 9.17) is 4.42 Å². The van der Waals surface area contributed by atoms with Crippen molar-refractivity contribution in [1.29, 1.82) is 0 Å². The summed E-state index contributed by atoms with van der Waals surface area (Å²) in [4.78, 5) is 0. The van der Waals surface area contributed by atoms with E-state index in [-0.39, 0.29) is 0 Å². The molecule has 3 aromatic rings. The van der Waals surface area contributed by atoms with Crippen molar-refractivity contribution in [2.75, 3.05) is 12.3 Å². The van der Waals surface area contributed by atoms with Crippen LogP contribution in [0.3, 0.4) is 0 Å². The third kappa shape index (κ3) is 3.96. The highest BCUT2D eigenvalue weighted by Crippen LogP contribution is 2.18. The Bertz CT molecular complexity index is 668. The highest BCUT2D eigenvalue weighted by molar-refractivity contribution is 7.99. The number of nitrogens with zero attached hydrogens (tertiary/aromatic N) is 4. The van der Waals surface area contributed by atoms with Gasteiger partial charge in [-0.25, -0.2) is 0 Å². The van der Waals surface area contributed by atoms with Gasteiger partial charge in [0.1, 0.15) is 5.76 Å². The lowest BCUT2D eigenvalue weighted by molar-refractivity contribution is 0.483. The van der Waals surface area contributed by atoms with E-state index in [2.05, 4.69) is 20.8 Å². The van der Waals surface area contributed by atoms with Crippen LogP contribution >= 0.6 is 11.8 Å². The van der Waals surface area contributed by atoms with Crippen LogP contribution in [0.15, 0.2) is 58.3 Å². The van der Waals surface area contributed by atoms with Crippen molar-refractivity contribution in [3.63, 3.8) is 0 Å². The summed E-state index contributed by atoms with van der Waals surface area (Å²) in [6.07, 6.45) is 2.73. The van der Waals surface area contributed by atoms with Crippen molar-refractivity contribution in [2.45, 2.75) is 18.1 Å². The van der Waals surface area contributed by atoms with E-state index in [1.165, 1.54) is 0 Å². The van der Waals surface area contributed by atoms with E-state index in [1.807, 2.05) is 42.5 Å². The second kappa shape index (κ2) is 7.77. The molecule has 0 radical (unpaired) electrons. The summed E-state index contributed by atoms with van der Waals surface area (Å²) >= 11 is 1.66. The minimum Gasteiger partial charge on any atom is -0.468 e. The van der Waals surface area contributed by atoms with Gasteiger partial charge in [0, 0.05) is 5.75 Å².